The lowest BCUT2D eigenvalue weighted by atomic mass is 9.72. The van der Waals surface area contributed by atoms with Crippen molar-refractivity contribution in [3.05, 3.63) is 29.8 Å². The average Bonchev–Trinajstić information content (AvgIpc) is 2.33. The molecule has 1 aromatic rings. The number of isocyanates is 1. The summed E-state index contributed by atoms with van der Waals surface area (Å²) in [7, 11) is 2.08. The minimum Gasteiger partial charge on any atom is -0.487 e. The van der Waals surface area contributed by atoms with Crippen molar-refractivity contribution in [2.75, 3.05) is 20.1 Å². The highest BCUT2D eigenvalue weighted by Gasteiger charge is 2.41. The van der Waals surface area contributed by atoms with Gasteiger partial charge in [-0.3, -0.25) is 4.90 Å². The van der Waals surface area contributed by atoms with Gasteiger partial charge in [0.05, 0.1) is 0 Å². The molecule has 0 aromatic heterocycles. The maximum absolute atomic E-state index is 10.7. The van der Waals surface area contributed by atoms with Crippen molar-refractivity contribution in [3.8, 4) is 5.75 Å². The first-order chi connectivity index (χ1) is 9.23. The molecular formula is C15H18N2O2. The van der Waals surface area contributed by atoms with E-state index < -0.39 is 0 Å². The molecule has 2 aliphatic rings. The van der Waals surface area contributed by atoms with Crippen LogP contribution in [-0.2, 0) is 10.3 Å². The van der Waals surface area contributed by atoms with Crippen molar-refractivity contribution in [3.63, 3.8) is 0 Å². The lowest BCUT2D eigenvalue weighted by Crippen LogP contribution is -2.51. The van der Waals surface area contributed by atoms with Gasteiger partial charge in [-0.2, -0.15) is 4.99 Å². The van der Waals surface area contributed by atoms with E-state index in [4.69, 9.17) is 4.74 Å². The highest BCUT2D eigenvalue weighted by molar-refractivity contribution is 5.45. The molecule has 1 aromatic carbocycles. The fourth-order valence-electron chi connectivity index (χ4n) is 2.89. The summed E-state index contributed by atoms with van der Waals surface area (Å²) in [5, 5.41) is 0. The first kappa shape index (κ1) is 12.4. The molecule has 0 N–H and O–H groups in total. The second-order valence-corrected chi connectivity index (χ2v) is 5.55. The minimum absolute atomic E-state index is 0.253. The third-order valence-corrected chi connectivity index (χ3v) is 4.15. The quantitative estimate of drug-likeness (QED) is 0.613. The lowest BCUT2D eigenvalue weighted by molar-refractivity contribution is 0.0364. The second kappa shape index (κ2) is 4.80. The zero-order valence-electron chi connectivity index (χ0n) is 11.1. The molecule has 0 amide bonds. The van der Waals surface area contributed by atoms with Crippen molar-refractivity contribution in [1.29, 1.82) is 0 Å². The van der Waals surface area contributed by atoms with Gasteiger partial charge in [-0.15, -0.1) is 0 Å². The zero-order chi connectivity index (χ0) is 13.3. The predicted octanol–water partition coefficient (Wildman–Crippen LogP) is 2.09. The van der Waals surface area contributed by atoms with Crippen LogP contribution >= 0.6 is 0 Å². The molecule has 3 rings (SSSR count). The number of aliphatic imine (C=N–C) groups is 1. The van der Waals surface area contributed by atoms with Gasteiger partial charge in [0.25, 0.3) is 0 Å². The van der Waals surface area contributed by atoms with Crippen molar-refractivity contribution < 1.29 is 9.53 Å². The number of likely N-dealkylation sites (N-methyl/N-ethyl adjacent to an activating group) is 1. The Labute approximate surface area is 113 Å². The highest BCUT2D eigenvalue weighted by atomic mass is 16.5. The fourth-order valence-corrected chi connectivity index (χ4v) is 2.89. The van der Waals surface area contributed by atoms with Crippen LogP contribution in [0.15, 0.2) is 29.3 Å². The third-order valence-electron chi connectivity index (χ3n) is 4.15. The van der Waals surface area contributed by atoms with E-state index in [9.17, 15) is 4.79 Å². The van der Waals surface area contributed by atoms with Gasteiger partial charge in [0.15, 0.2) is 0 Å². The molecule has 0 atom stereocenters. The van der Waals surface area contributed by atoms with E-state index in [2.05, 4.69) is 16.9 Å². The first-order valence-electron chi connectivity index (χ1n) is 6.77. The average molecular weight is 258 g/mol. The third kappa shape index (κ3) is 2.18. The van der Waals surface area contributed by atoms with Crippen molar-refractivity contribution in [1.82, 2.24) is 4.90 Å². The van der Waals surface area contributed by atoms with Gasteiger partial charge >= 0.3 is 0 Å². The fraction of sp³-hybridized carbons (Fsp3) is 0.533. The first-order valence-corrected chi connectivity index (χ1v) is 6.77. The molecule has 1 heterocycles. The van der Waals surface area contributed by atoms with Crippen LogP contribution in [0.3, 0.4) is 0 Å². The number of hydrogen-bond acceptors (Lipinski definition) is 4. The van der Waals surface area contributed by atoms with E-state index in [1.54, 1.807) is 6.08 Å². The summed E-state index contributed by atoms with van der Waals surface area (Å²) in [4.78, 5) is 17.0. The Bertz CT molecular complexity index is 513. The molecule has 0 unspecified atom stereocenters. The second-order valence-electron chi connectivity index (χ2n) is 5.55. The smallest absolute Gasteiger partial charge is 0.235 e. The van der Waals surface area contributed by atoms with Gasteiger partial charge in [-0.05, 0) is 32.4 Å². The normalized spacial score (nSPS) is 21.9. The van der Waals surface area contributed by atoms with Crippen molar-refractivity contribution >= 4 is 6.08 Å². The van der Waals surface area contributed by atoms with E-state index in [1.165, 1.54) is 0 Å². The summed E-state index contributed by atoms with van der Waals surface area (Å²) in [5.74, 6) is 0.874. The molecule has 2 fully saturated rings. The number of ether oxygens (including phenoxy) is 1. The van der Waals surface area contributed by atoms with Crippen LogP contribution in [0.2, 0.25) is 0 Å². The number of rotatable bonds is 4. The summed E-state index contributed by atoms with van der Waals surface area (Å²) in [6.07, 6.45) is 4.91. The Kier molecular flexibility index (Phi) is 3.13. The molecule has 0 bridgehead atoms. The molecule has 0 radical (unpaired) electrons. The number of carbonyl (C=O) groups excluding carboxylic acids is 1. The van der Waals surface area contributed by atoms with Crippen LogP contribution in [0.25, 0.3) is 0 Å². The van der Waals surface area contributed by atoms with Crippen molar-refractivity contribution in [2.24, 2.45) is 4.99 Å². The molecule has 100 valence electrons. The number of nitrogens with zero attached hydrogens (tertiary/aromatic N) is 2. The van der Waals surface area contributed by atoms with Gasteiger partial charge in [-0.25, -0.2) is 4.79 Å². The van der Waals surface area contributed by atoms with Gasteiger partial charge in [0, 0.05) is 18.7 Å². The summed E-state index contributed by atoms with van der Waals surface area (Å²) in [6.45, 7) is 1.91. The van der Waals surface area contributed by atoms with Gasteiger partial charge in [0.2, 0.25) is 6.08 Å². The molecule has 0 spiro atoms. The van der Waals surface area contributed by atoms with Crippen LogP contribution in [0.5, 0.6) is 5.75 Å². The number of hydrogen-bond donors (Lipinski definition) is 0. The number of likely N-dealkylation sites (tertiary alicyclic amines) is 1. The van der Waals surface area contributed by atoms with Gasteiger partial charge in [-0.1, -0.05) is 18.2 Å². The summed E-state index contributed by atoms with van der Waals surface area (Å²) < 4.78 is 6.05. The Balaban J connectivity index is 1.86. The Morgan fingerprint density at radius 1 is 1.37 bits per heavy atom. The summed E-state index contributed by atoms with van der Waals surface area (Å²) in [6, 6.07) is 7.96. The number of para-hydroxylation sites is 1. The van der Waals surface area contributed by atoms with Crippen LogP contribution < -0.4 is 4.74 Å². The molecule has 1 saturated carbocycles. The largest absolute Gasteiger partial charge is 0.487 e. The monoisotopic (exact) mass is 258 g/mol. The van der Waals surface area contributed by atoms with E-state index in [1.807, 2.05) is 24.3 Å². The zero-order valence-corrected chi connectivity index (χ0v) is 11.1. The molecule has 1 aliphatic heterocycles. The van der Waals surface area contributed by atoms with Crippen molar-refractivity contribution in [2.45, 2.75) is 30.9 Å². The van der Waals surface area contributed by atoms with E-state index in [-0.39, 0.29) is 11.6 Å². The minimum atomic E-state index is -0.381. The maximum atomic E-state index is 10.7. The Morgan fingerprint density at radius 2 is 2.11 bits per heavy atom. The molecule has 4 heteroatoms. The van der Waals surface area contributed by atoms with E-state index in [0.29, 0.717) is 0 Å². The van der Waals surface area contributed by atoms with E-state index >= 15 is 0 Å². The van der Waals surface area contributed by atoms with Crippen LogP contribution in [0.1, 0.15) is 24.8 Å². The lowest BCUT2D eigenvalue weighted by Gasteiger charge is -2.40. The predicted molar refractivity (Wildman–Crippen MR) is 72.0 cm³/mol. The SMILES string of the molecule is CN1CC(Oc2ccccc2C2(N=C=O)CCC2)C1. The topological polar surface area (TPSA) is 41.9 Å². The van der Waals surface area contributed by atoms with Gasteiger partial charge in [0.1, 0.15) is 17.4 Å². The maximum Gasteiger partial charge on any atom is 0.235 e. The molecule has 1 aliphatic carbocycles. The summed E-state index contributed by atoms with van der Waals surface area (Å²) in [5.41, 5.74) is 0.660. The van der Waals surface area contributed by atoms with Crippen LogP contribution in [-0.4, -0.2) is 37.2 Å². The Morgan fingerprint density at radius 3 is 2.68 bits per heavy atom. The standard InChI is InChI=1S/C15H18N2O2/c1-17-9-12(10-17)19-14-6-3-2-5-13(14)15(16-11-18)7-4-8-15/h2-3,5-6,12H,4,7-10H2,1H3. The van der Waals surface area contributed by atoms with E-state index in [0.717, 1.165) is 43.7 Å². The highest BCUT2D eigenvalue weighted by Crippen LogP contribution is 2.48. The Hall–Kier alpha value is -1.64. The molecule has 19 heavy (non-hydrogen) atoms. The van der Waals surface area contributed by atoms with Gasteiger partial charge < -0.3 is 4.74 Å². The molecular weight excluding hydrogens is 240 g/mol. The van der Waals surface area contributed by atoms with Crippen LogP contribution in [0, 0.1) is 0 Å². The summed E-state index contributed by atoms with van der Waals surface area (Å²) >= 11 is 0. The number of benzene rings is 1. The molecule has 1 saturated heterocycles. The van der Waals surface area contributed by atoms with Crippen LogP contribution in [0.4, 0.5) is 0 Å². The molecule has 4 nitrogen and oxygen atoms in total.